The van der Waals surface area contributed by atoms with E-state index in [1.807, 2.05) is 0 Å². The lowest BCUT2D eigenvalue weighted by molar-refractivity contribution is -0.384. The molecule has 0 aliphatic carbocycles. The van der Waals surface area contributed by atoms with Crippen molar-refractivity contribution in [3.63, 3.8) is 0 Å². The third kappa shape index (κ3) is 4.86. The van der Waals surface area contributed by atoms with Gasteiger partial charge in [-0.25, -0.2) is 13.2 Å². The van der Waals surface area contributed by atoms with Crippen LogP contribution < -0.4 is 5.32 Å². The molecular weight excluding hydrogens is 364 g/mol. The third-order valence-corrected chi connectivity index (χ3v) is 4.36. The largest absolute Gasteiger partial charge is 0.452 e. The SMILES string of the molecule is CS(=O)(=O)c1ccccc1C(=O)OCC(=O)Nc1ccc([N+](=O)[O-])cc1. The fraction of sp³-hybridized carbons (Fsp3) is 0.125. The van der Waals surface area contributed by atoms with Crippen LogP contribution in [-0.2, 0) is 19.4 Å². The third-order valence-electron chi connectivity index (χ3n) is 3.20. The van der Waals surface area contributed by atoms with Crippen molar-refractivity contribution in [2.24, 2.45) is 0 Å². The van der Waals surface area contributed by atoms with Crippen molar-refractivity contribution in [3.8, 4) is 0 Å². The zero-order chi connectivity index (χ0) is 19.3. The number of amides is 1. The Kier molecular flexibility index (Phi) is 5.68. The van der Waals surface area contributed by atoms with Gasteiger partial charge in [0.25, 0.3) is 11.6 Å². The van der Waals surface area contributed by atoms with Crippen molar-refractivity contribution >= 4 is 33.1 Å². The molecule has 0 aliphatic rings. The molecule has 0 aliphatic heterocycles. The highest BCUT2D eigenvalue weighted by molar-refractivity contribution is 7.90. The van der Waals surface area contributed by atoms with Crippen molar-refractivity contribution in [2.75, 3.05) is 18.2 Å². The molecule has 10 heteroatoms. The number of ether oxygens (including phenoxy) is 1. The van der Waals surface area contributed by atoms with Crippen LogP contribution in [0.25, 0.3) is 0 Å². The molecule has 0 radical (unpaired) electrons. The minimum absolute atomic E-state index is 0.133. The maximum Gasteiger partial charge on any atom is 0.339 e. The first-order valence-corrected chi connectivity index (χ1v) is 9.08. The lowest BCUT2D eigenvalue weighted by Gasteiger charge is -2.09. The molecule has 0 heterocycles. The zero-order valence-corrected chi connectivity index (χ0v) is 14.4. The van der Waals surface area contributed by atoms with Crippen LogP contribution in [-0.4, -0.2) is 38.1 Å². The fourth-order valence-corrected chi connectivity index (χ4v) is 2.91. The number of nitrogens with zero attached hydrogens (tertiary/aromatic N) is 1. The highest BCUT2D eigenvalue weighted by atomic mass is 32.2. The maximum atomic E-state index is 12.0. The Bertz CT molecular complexity index is 953. The topological polar surface area (TPSA) is 133 Å². The number of carbonyl (C=O) groups is 2. The summed E-state index contributed by atoms with van der Waals surface area (Å²) in [5.41, 5.74) is -0.0156. The quantitative estimate of drug-likeness (QED) is 0.460. The number of hydrogen-bond donors (Lipinski definition) is 1. The van der Waals surface area contributed by atoms with Crippen LogP contribution in [0.5, 0.6) is 0 Å². The molecule has 1 N–H and O–H groups in total. The Hall–Kier alpha value is -3.27. The van der Waals surface area contributed by atoms with Crippen molar-refractivity contribution in [3.05, 3.63) is 64.2 Å². The maximum absolute atomic E-state index is 12.0. The molecule has 1 amide bonds. The molecule has 0 saturated heterocycles. The number of carbonyl (C=O) groups excluding carboxylic acids is 2. The second kappa shape index (κ2) is 7.74. The van der Waals surface area contributed by atoms with Gasteiger partial charge in [-0.1, -0.05) is 12.1 Å². The number of hydrogen-bond acceptors (Lipinski definition) is 7. The Morgan fingerprint density at radius 2 is 1.73 bits per heavy atom. The summed E-state index contributed by atoms with van der Waals surface area (Å²) >= 11 is 0. The van der Waals surface area contributed by atoms with Crippen molar-refractivity contribution in [2.45, 2.75) is 4.90 Å². The van der Waals surface area contributed by atoms with E-state index in [2.05, 4.69) is 5.32 Å². The highest BCUT2D eigenvalue weighted by Crippen LogP contribution is 2.17. The van der Waals surface area contributed by atoms with Crippen LogP contribution in [0, 0.1) is 10.1 Å². The van der Waals surface area contributed by atoms with Gasteiger partial charge in [0.2, 0.25) is 0 Å². The van der Waals surface area contributed by atoms with Gasteiger partial charge in [0.05, 0.1) is 15.4 Å². The summed E-state index contributed by atoms with van der Waals surface area (Å²) in [7, 11) is -3.63. The second-order valence-electron chi connectivity index (χ2n) is 5.20. The summed E-state index contributed by atoms with van der Waals surface area (Å²) in [6.45, 7) is -0.645. The van der Waals surface area contributed by atoms with E-state index in [0.717, 1.165) is 6.26 Å². The molecule has 9 nitrogen and oxygen atoms in total. The van der Waals surface area contributed by atoms with Crippen LogP contribution in [0.1, 0.15) is 10.4 Å². The second-order valence-corrected chi connectivity index (χ2v) is 7.18. The van der Waals surface area contributed by atoms with Gasteiger partial charge >= 0.3 is 5.97 Å². The molecule has 0 spiro atoms. The minimum Gasteiger partial charge on any atom is -0.452 e. The summed E-state index contributed by atoms with van der Waals surface area (Å²) in [5, 5.41) is 13.0. The number of anilines is 1. The van der Waals surface area contributed by atoms with E-state index in [9.17, 15) is 28.1 Å². The van der Waals surface area contributed by atoms with E-state index in [1.54, 1.807) is 0 Å². The van der Waals surface area contributed by atoms with Gasteiger partial charge < -0.3 is 10.1 Å². The number of sulfone groups is 1. The molecule has 136 valence electrons. The first-order valence-electron chi connectivity index (χ1n) is 7.19. The van der Waals surface area contributed by atoms with E-state index >= 15 is 0 Å². The van der Waals surface area contributed by atoms with Crippen molar-refractivity contribution < 1.29 is 27.7 Å². The molecule has 0 bridgehead atoms. The van der Waals surface area contributed by atoms with Gasteiger partial charge in [0.1, 0.15) is 0 Å². The Morgan fingerprint density at radius 3 is 2.31 bits per heavy atom. The Labute approximate surface area is 148 Å². The molecule has 2 aromatic rings. The molecule has 0 atom stereocenters. The number of nitro benzene ring substituents is 1. The van der Waals surface area contributed by atoms with Gasteiger partial charge in [-0.2, -0.15) is 0 Å². The lowest BCUT2D eigenvalue weighted by atomic mass is 10.2. The van der Waals surface area contributed by atoms with Gasteiger partial charge in [-0.05, 0) is 24.3 Å². The average molecular weight is 378 g/mol. The fourth-order valence-electron chi connectivity index (χ4n) is 2.03. The highest BCUT2D eigenvalue weighted by Gasteiger charge is 2.20. The summed E-state index contributed by atoms with van der Waals surface area (Å²) in [4.78, 5) is 33.6. The number of nitro groups is 1. The number of nitrogens with one attached hydrogen (secondary N) is 1. The average Bonchev–Trinajstić information content (AvgIpc) is 2.59. The summed E-state index contributed by atoms with van der Waals surface area (Å²) in [5.74, 6) is -1.63. The molecule has 0 unspecified atom stereocenters. The summed E-state index contributed by atoms with van der Waals surface area (Å²) in [6.07, 6.45) is 0.959. The first-order chi connectivity index (χ1) is 12.2. The van der Waals surface area contributed by atoms with E-state index in [4.69, 9.17) is 4.74 Å². The molecule has 2 rings (SSSR count). The number of non-ortho nitro benzene ring substituents is 1. The Morgan fingerprint density at radius 1 is 1.12 bits per heavy atom. The molecular formula is C16H14N2O7S. The van der Waals surface area contributed by atoms with E-state index in [-0.39, 0.29) is 21.8 Å². The molecule has 0 saturated carbocycles. The van der Waals surface area contributed by atoms with Gasteiger partial charge in [0, 0.05) is 24.1 Å². The number of esters is 1. The van der Waals surface area contributed by atoms with Gasteiger partial charge in [-0.3, -0.25) is 14.9 Å². The lowest BCUT2D eigenvalue weighted by Crippen LogP contribution is -2.21. The van der Waals surface area contributed by atoms with Crippen LogP contribution >= 0.6 is 0 Å². The monoisotopic (exact) mass is 378 g/mol. The molecule has 0 fully saturated rings. The normalized spacial score (nSPS) is 10.8. The molecule has 2 aromatic carbocycles. The van der Waals surface area contributed by atoms with Crippen LogP contribution in [0.15, 0.2) is 53.4 Å². The molecule has 0 aromatic heterocycles. The van der Waals surface area contributed by atoms with Crippen LogP contribution in [0.2, 0.25) is 0 Å². The summed E-state index contributed by atoms with van der Waals surface area (Å²) < 4.78 is 28.2. The van der Waals surface area contributed by atoms with Gasteiger partial charge in [0.15, 0.2) is 16.4 Å². The van der Waals surface area contributed by atoms with Crippen LogP contribution in [0.4, 0.5) is 11.4 Å². The zero-order valence-electron chi connectivity index (χ0n) is 13.5. The molecule has 26 heavy (non-hydrogen) atoms. The standard InChI is InChI=1S/C16H14N2O7S/c1-26(23,24)14-5-3-2-4-13(14)16(20)25-10-15(19)17-11-6-8-12(9-7-11)18(21)22/h2-9H,10H2,1H3,(H,17,19). The Balaban J connectivity index is 1.99. The summed E-state index contributed by atoms with van der Waals surface area (Å²) in [6, 6.07) is 10.6. The first kappa shape index (κ1) is 19.1. The minimum atomic E-state index is -3.63. The van der Waals surface area contributed by atoms with E-state index in [1.165, 1.54) is 48.5 Å². The van der Waals surface area contributed by atoms with Crippen molar-refractivity contribution in [1.29, 1.82) is 0 Å². The van der Waals surface area contributed by atoms with Crippen molar-refractivity contribution in [1.82, 2.24) is 0 Å². The number of benzene rings is 2. The predicted molar refractivity (Wildman–Crippen MR) is 91.6 cm³/mol. The smallest absolute Gasteiger partial charge is 0.339 e. The predicted octanol–water partition coefficient (Wildman–Crippen LogP) is 1.79. The van der Waals surface area contributed by atoms with E-state index < -0.39 is 33.2 Å². The number of rotatable bonds is 6. The van der Waals surface area contributed by atoms with Gasteiger partial charge in [-0.15, -0.1) is 0 Å². The van der Waals surface area contributed by atoms with Crippen LogP contribution in [0.3, 0.4) is 0 Å². The van der Waals surface area contributed by atoms with E-state index in [0.29, 0.717) is 0 Å².